The van der Waals surface area contributed by atoms with Crippen LogP contribution in [-0.4, -0.2) is 112 Å². The molecular weight excluding hydrogens is 857 g/mol. The summed E-state index contributed by atoms with van der Waals surface area (Å²) in [5.74, 6) is -0.537. The Morgan fingerprint density at radius 3 is 2.00 bits per heavy atom. The molecule has 5 heterocycles. The Morgan fingerprint density at radius 1 is 0.791 bits per heavy atom. The van der Waals surface area contributed by atoms with Crippen LogP contribution in [0.25, 0.3) is 22.1 Å². The summed E-state index contributed by atoms with van der Waals surface area (Å²) >= 11 is 0. The minimum Gasteiger partial charge on any atom is -0.494 e. The molecule has 1 atom stereocenters. The summed E-state index contributed by atoms with van der Waals surface area (Å²) in [6.07, 6.45) is 9.96. The second-order valence-electron chi connectivity index (χ2n) is 16.5. The first-order valence-corrected chi connectivity index (χ1v) is 22.8. The summed E-state index contributed by atoms with van der Waals surface area (Å²) in [6.45, 7) is 15.1. The highest BCUT2D eigenvalue weighted by Gasteiger charge is 2.24. The van der Waals surface area contributed by atoms with E-state index in [1.165, 1.54) is 7.11 Å². The van der Waals surface area contributed by atoms with Crippen molar-refractivity contribution in [3.63, 3.8) is 0 Å². The van der Waals surface area contributed by atoms with Crippen LogP contribution in [0, 0.1) is 13.8 Å². The molecule has 1 fully saturated rings. The van der Waals surface area contributed by atoms with Gasteiger partial charge in [0.15, 0.2) is 6.23 Å². The van der Waals surface area contributed by atoms with Crippen molar-refractivity contribution in [2.75, 3.05) is 50.5 Å². The fraction of sp³-hybridized carbons (Fsp3) is 0.426. The van der Waals surface area contributed by atoms with Crippen molar-refractivity contribution >= 4 is 51.7 Å². The molecule has 6 aromatic rings. The minimum absolute atomic E-state index is 0.180. The standard InChI is InChI=1S/C47H62N14O6/c1-7-16-50-33-14-20-57(21-15-33)17-12-13-22-67-39-28-32(43(49)63)26-35-41(39)59(47(52-35)54-45(65)37-24-30(5)56-61(37)9-3)19-11-10-18-58-40-34(25-31(42(48)62)27-38(40)66-6)51-46(58)53-44(64)36-23-29(4)55-60(36)8-2/h10-13,23-28,33,44,50,64H,7-9,14-22H2,1-6H3,(H2,48,62)(H2,49,63)(H,51,53)(H,52,54,65)/b11-10+,13-12+. The number of aromatic nitrogens is 8. The minimum atomic E-state index is -1.19. The van der Waals surface area contributed by atoms with Crippen LogP contribution in [0.15, 0.2) is 60.7 Å². The number of allylic oxidation sites excluding steroid dienone is 2. The van der Waals surface area contributed by atoms with E-state index in [1.54, 1.807) is 50.3 Å². The van der Waals surface area contributed by atoms with E-state index in [0.29, 0.717) is 69.8 Å². The van der Waals surface area contributed by atoms with E-state index >= 15 is 0 Å². The van der Waals surface area contributed by atoms with Crippen molar-refractivity contribution in [3.8, 4) is 11.5 Å². The third-order valence-corrected chi connectivity index (χ3v) is 11.7. The molecule has 0 bridgehead atoms. The molecular formula is C47H62N14O6. The molecule has 1 unspecified atom stereocenters. The molecule has 1 saturated heterocycles. The van der Waals surface area contributed by atoms with Crippen molar-refractivity contribution < 1.29 is 29.0 Å². The lowest BCUT2D eigenvalue weighted by atomic mass is 10.1. The number of nitrogens with two attached hydrogens (primary N) is 2. The summed E-state index contributed by atoms with van der Waals surface area (Å²) in [4.78, 5) is 50.8. The monoisotopic (exact) mass is 918 g/mol. The Balaban J connectivity index is 1.21. The zero-order valence-electron chi connectivity index (χ0n) is 39.1. The Labute approximate surface area is 389 Å². The predicted molar refractivity (Wildman–Crippen MR) is 256 cm³/mol. The van der Waals surface area contributed by atoms with Gasteiger partial charge >= 0.3 is 0 Å². The lowest BCUT2D eigenvalue weighted by Gasteiger charge is -2.31. The number of rotatable bonds is 22. The van der Waals surface area contributed by atoms with Crippen molar-refractivity contribution in [2.24, 2.45) is 11.5 Å². The molecule has 4 aromatic heterocycles. The van der Waals surface area contributed by atoms with Gasteiger partial charge in [-0.15, -0.1) is 0 Å². The number of aliphatic hydroxyl groups excluding tert-OH is 1. The smallest absolute Gasteiger partial charge is 0.276 e. The van der Waals surface area contributed by atoms with Gasteiger partial charge in [-0.2, -0.15) is 10.2 Å². The topological polar surface area (TPSA) is 253 Å². The van der Waals surface area contributed by atoms with E-state index in [2.05, 4.69) is 44.0 Å². The number of fused-ring (bicyclic) bond motifs is 2. The Hall–Kier alpha value is -7.03. The number of piperidine rings is 1. The Kier molecular flexibility index (Phi) is 15.4. The number of carbonyl (C=O) groups excluding carboxylic acids is 3. The van der Waals surface area contributed by atoms with E-state index in [0.717, 1.165) is 51.1 Å². The molecule has 1 aliphatic heterocycles. The molecule has 356 valence electrons. The molecule has 2 aromatic carbocycles. The number of aliphatic hydroxyl groups is 1. The summed E-state index contributed by atoms with van der Waals surface area (Å²) in [5.41, 5.74) is 16.1. The number of benzene rings is 2. The van der Waals surface area contributed by atoms with Gasteiger partial charge in [-0.3, -0.25) is 34.0 Å². The van der Waals surface area contributed by atoms with Gasteiger partial charge in [0.1, 0.15) is 34.8 Å². The molecule has 7 rings (SSSR count). The number of anilines is 2. The van der Waals surface area contributed by atoms with Crippen molar-refractivity contribution in [1.82, 2.24) is 48.9 Å². The highest BCUT2D eigenvalue weighted by atomic mass is 16.5. The fourth-order valence-electron chi connectivity index (χ4n) is 8.40. The molecule has 1 aliphatic rings. The maximum absolute atomic E-state index is 13.9. The van der Waals surface area contributed by atoms with Gasteiger partial charge in [-0.05, 0) is 103 Å². The van der Waals surface area contributed by atoms with Gasteiger partial charge in [-0.1, -0.05) is 31.2 Å². The third kappa shape index (κ3) is 11.0. The number of nitrogens with one attached hydrogen (secondary N) is 3. The van der Waals surface area contributed by atoms with Crippen LogP contribution in [0.5, 0.6) is 11.5 Å². The average Bonchev–Trinajstić information content (AvgIpc) is 4.08. The number of carbonyl (C=O) groups is 3. The van der Waals surface area contributed by atoms with E-state index in [4.69, 9.17) is 30.9 Å². The van der Waals surface area contributed by atoms with Gasteiger partial charge in [0.25, 0.3) is 5.91 Å². The number of likely N-dealkylation sites (tertiary alicyclic amines) is 1. The average molecular weight is 919 g/mol. The van der Waals surface area contributed by atoms with Crippen LogP contribution in [-0.2, 0) is 26.2 Å². The van der Waals surface area contributed by atoms with E-state index in [1.807, 2.05) is 50.5 Å². The van der Waals surface area contributed by atoms with Gasteiger partial charge in [0, 0.05) is 49.9 Å². The molecule has 20 heteroatoms. The second kappa shape index (κ2) is 21.5. The van der Waals surface area contributed by atoms with E-state index in [-0.39, 0.29) is 42.7 Å². The molecule has 0 aliphatic carbocycles. The van der Waals surface area contributed by atoms with Crippen molar-refractivity contribution in [2.45, 2.75) is 92.3 Å². The van der Waals surface area contributed by atoms with Crippen LogP contribution in [0.1, 0.15) is 94.5 Å². The van der Waals surface area contributed by atoms with E-state index < -0.39 is 23.9 Å². The van der Waals surface area contributed by atoms with Gasteiger partial charge < -0.3 is 45.8 Å². The number of nitrogens with zero attached hydrogens (tertiary/aromatic N) is 9. The summed E-state index contributed by atoms with van der Waals surface area (Å²) in [6, 6.07) is 10.4. The van der Waals surface area contributed by atoms with Gasteiger partial charge in [0.2, 0.25) is 23.7 Å². The quantitative estimate of drug-likeness (QED) is 0.0401. The molecule has 20 nitrogen and oxygen atoms in total. The van der Waals surface area contributed by atoms with Gasteiger partial charge in [-0.25, -0.2) is 9.97 Å². The molecule has 67 heavy (non-hydrogen) atoms. The van der Waals surface area contributed by atoms with Crippen LogP contribution in [0.4, 0.5) is 11.9 Å². The maximum Gasteiger partial charge on any atom is 0.276 e. The first kappa shape index (κ1) is 47.9. The number of ether oxygens (including phenoxy) is 2. The first-order chi connectivity index (χ1) is 32.3. The van der Waals surface area contributed by atoms with Crippen molar-refractivity contribution in [1.29, 1.82) is 0 Å². The fourth-order valence-corrected chi connectivity index (χ4v) is 8.40. The highest BCUT2D eigenvalue weighted by Crippen LogP contribution is 2.34. The first-order valence-electron chi connectivity index (χ1n) is 22.8. The molecule has 0 radical (unpaired) electrons. The van der Waals surface area contributed by atoms with Crippen LogP contribution in [0.3, 0.4) is 0 Å². The van der Waals surface area contributed by atoms with Crippen LogP contribution < -0.4 is 36.9 Å². The molecule has 0 saturated carbocycles. The number of hydrogen-bond acceptors (Lipinski definition) is 13. The SMILES string of the molecule is CCCNC1CCN(C/C=C/COc2cc(C(N)=O)cc3nc(NC(=O)c4cc(C)nn4CC)n(C/C=C/Cn4c(NC(O)c5cc(C)nn5CC)nc5cc(C(N)=O)cc(OC)c54)c23)CC1. The summed E-state index contributed by atoms with van der Waals surface area (Å²) in [5, 5.41) is 30.1. The lowest BCUT2D eigenvalue weighted by Crippen LogP contribution is -2.42. The van der Waals surface area contributed by atoms with E-state index in [9.17, 15) is 19.5 Å². The predicted octanol–water partition coefficient (Wildman–Crippen LogP) is 4.65. The van der Waals surface area contributed by atoms with Gasteiger partial charge in [0.05, 0.1) is 35.2 Å². The Morgan fingerprint density at radius 2 is 1.37 bits per heavy atom. The largest absolute Gasteiger partial charge is 0.494 e. The summed E-state index contributed by atoms with van der Waals surface area (Å²) < 4.78 is 19.1. The van der Waals surface area contributed by atoms with Crippen molar-refractivity contribution in [3.05, 3.63) is 94.6 Å². The number of hydrogen-bond donors (Lipinski definition) is 6. The number of primary amides is 2. The summed E-state index contributed by atoms with van der Waals surface area (Å²) in [7, 11) is 1.49. The van der Waals surface area contributed by atoms with Crippen LogP contribution in [0.2, 0.25) is 0 Å². The lowest BCUT2D eigenvalue weighted by molar-refractivity contribution is 0.0991. The maximum atomic E-state index is 13.9. The molecule has 8 N–H and O–H groups in total. The number of imidazole rings is 2. The molecule has 3 amide bonds. The normalized spacial score (nSPS) is 14.2. The second-order valence-corrected chi connectivity index (χ2v) is 16.5. The van der Waals surface area contributed by atoms with Crippen LogP contribution >= 0.6 is 0 Å². The zero-order valence-corrected chi connectivity index (χ0v) is 39.1. The number of amides is 3. The Bertz CT molecular complexity index is 2790. The third-order valence-electron chi connectivity index (χ3n) is 11.7. The molecule has 0 spiro atoms. The highest BCUT2D eigenvalue weighted by molar-refractivity contribution is 6.04. The number of aryl methyl sites for hydroxylation is 4. The zero-order chi connectivity index (χ0) is 47.8. The number of methoxy groups -OCH3 is 1.